The number of hydrogen-bond donors (Lipinski definition) is 0. The quantitative estimate of drug-likeness (QED) is 0.730. The molecule has 1 unspecified atom stereocenters. The molecule has 24 heavy (non-hydrogen) atoms. The average Bonchev–Trinajstić information content (AvgIpc) is 2.90. The first-order valence-corrected chi connectivity index (χ1v) is 8.22. The molecule has 0 spiro atoms. The van der Waals surface area contributed by atoms with E-state index in [9.17, 15) is 18.0 Å². The van der Waals surface area contributed by atoms with Gasteiger partial charge >= 0.3 is 6.18 Å². The van der Waals surface area contributed by atoms with Crippen LogP contribution in [0, 0.1) is 0 Å². The summed E-state index contributed by atoms with van der Waals surface area (Å²) in [5.41, 5.74) is 0.910. The molecule has 6 heteroatoms. The fourth-order valence-electron chi connectivity index (χ4n) is 4.32. The summed E-state index contributed by atoms with van der Waals surface area (Å²) in [5.74, 6) is 0. The summed E-state index contributed by atoms with van der Waals surface area (Å²) in [6.07, 6.45) is -0.602. The molecule has 2 aromatic rings. The third kappa shape index (κ3) is 2.08. The number of benzene rings is 1. The standard InChI is InChI=1S/C18H19F3N2O/c1-17-5-3-7-23(17)14-10-15-12(8-11(14)4-6-17)13(18(19,20)21)9-16(24)22(15)2/h8-10H,3-7H2,1-2H3. The highest BCUT2D eigenvalue weighted by molar-refractivity contribution is 5.88. The van der Waals surface area contributed by atoms with Gasteiger partial charge in [-0.2, -0.15) is 13.2 Å². The minimum Gasteiger partial charge on any atom is -0.366 e. The van der Waals surface area contributed by atoms with E-state index in [0.29, 0.717) is 11.6 Å². The molecular formula is C18H19F3N2O. The van der Waals surface area contributed by atoms with Crippen molar-refractivity contribution in [2.45, 2.75) is 44.3 Å². The van der Waals surface area contributed by atoms with E-state index < -0.39 is 17.3 Å². The van der Waals surface area contributed by atoms with Gasteiger partial charge in [-0.1, -0.05) is 0 Å². The van der Waals surface area contributed by atoms with Crippen molar-refractivity contribution in [1.82, 2.24) is 4.57 Å². The molecular weight excluding hydrogens is 317 g/mol. The zero-order valence-electron chi connectivity index (χ0n) is 13.7. The molecule has 0 saturated carbocycles. The third-order valence-corrected chi connectivity index (χ3v) is 5.72. The van der Waals surface area contributed by atoms with Gasteiger partial charge in [-0.3, -0.25) is 4.79 Å². The lowest BCUT2D eigenvalue weighted by Gasteiger charge is -2.42. The van der Waals surface area contributed by atoms with Gasteiger partial charge in [0.1, 0.15) is 0 Å². The Morgan fingerprint density at radius 1 is 1.17 bits per heavy atom. The number of hydrogen-bond acceptors (Lipinski definition) is 2. The van der Waals surface area contributed by atoms with E-state index in [0.717, 1.165) is 43.5 Å². The minimum atomic E-state index is -4.53. The van der Waals surface area contributed by atoms with Gasteiger partial charge in [0.05, 0.1) is 11.1 Å². The number of pyridine rings is 1. The van der Waals surface area contributed by atoms with Crippen molar-refractivity contribution in [3.8, 4) is 0 Å². The van der Waals surface area contributed by atoms with Gasteiger partial charge in [0.2, 0.25) is 0 Å². The SMILES string of the molecule is Cn1c(=O)cc(C(F)(F)F)c2cc3c(cc21)N1CCCC1(C)CC3. The van der Waals surface area contributed by atoms with Crippen molar-refractivity contribution in [1.29, 1.82) is 0 Å². The Hall–Kier alpha value is -1.98. The second-order valence-corrected chi connectivity index (χ2v) is 7.20. The highest BCUT2D eigenvalue weighted by Gasteiger charge is 2.41. The Morgan fingerprint density at radius 2 is 1.92 bits per heavy atom. The van der Waals surface area contributed by atoms with Crippen LogP contribution in [-0.4, -0.2) is 16.7 Å². The number of alkyl halides is 3. The number of nitrogens with zero attached hydrogens (tertiary/aromatic N) is 2. The fourth-order valence-corrected chi connectivity index (χ4v) is 4.32. The topological polar surface area (TPSA) is 25.2 Å². The molecule has 0 radical (unpaired) electrons. The molecule has 0 amide bonds. The van der Waals surface area contributed by atoms with Gasteiger partial charge in [-0.25, -0.2) is 0 Å². The lowest BCUT2D eigenvalue weighted by Crippen LogP contribution is -2.44. The lowest BCUT2D eigenvalue weighted by atomic mass is 9.85. The predicted octanol–water partition coefficient (Wildman–Crippen LogP) is 3.86. The second-order valence-electron chi connectivity index (χ2n) is 7.20. The summed E-state index contributed by atoms with van der Waals surface area (Å²) in [6, 6.07) is 4.13. The molecule has 2 aliphatic heterocycles. The van der Waals surface area contributed by atoms with Crippen molar-refractivity contribution < 1.29 is 13.2 Å². The molecule has 2 aliphatic rings. The summed E-state index contributed by atoms with van der Waals surface area (Å²) >= 11 is 0. The Labute approximate surface area is 137 Å². The van der Waals surface area contributed by atoms with Gasteiger partial charge in [-0.05, 0) is 50.3 Å². The summed E-state index contributed by atoms with van der Waals surface area (Å²) in [7, 11) is 1.53. The van der Waals surface area contributed by atoms with Crippen LogP contribution in [0.3, 0.4) is 0 Å². The van der Waals surface area contributed by atoms with Gasteiger partial charge in [0.15, 0.2) is 0 Å². The van der Waals surface area contributed by atoms with E-state index in [2.05, 4.69) is 11.8 Å². The molecule has 3 nitrogen and oxygen atoms in total. The van der Waals surface area contributed by atoms with Gasteiger partial charge in [0.25, 0.3) is 5.56 Å². The zero-order valence-corrected chi connectivity index (χ0v) is 13.7. The first-order chi connectivity index (χ1) is 11.2. The average molecular weight is 336 g/mol. The number of fused-ring (bicyclic) bond motifs is 4. The van der Waals surface area contributed by atoms with Crippen LogP contribution in [0.1, 0.15) is 37.3 Å². The molecule has 0 bridgehead atoms. The van der Waals surface area contributed by atoms with E-state index in [4.69, 9.17) is 0 Å². The van der Waals surface area contributed by atoms with E-state index >= 15 is 0 Å². The number of halogens is 3. The largest absolute Gasteiger partial charge is 0.417 e. The Kier molecular flexibility index (Phi) is 3.09. The van der Waals surface area contributed by atoms with Gasteiger partial charge in [0, 0.05) is 36.3 Å². The number of anilines is 1. The van der Waals surface area contributed by atoms with Crippen LogP contribution in [0.25, 0.3) is 10.9 Å². The highest BCUT2D eigenvalue weighted by Crippen LogP contribution is 2.45. The summed E-state index contributed by atoms with van der Waals surface area (Å²) in [4.78, 5) is 14.3. The van der Waals surface area contributed by atoms with E-state index in [1.54, 1.807) is 12.1 Å². The maximum Gasteiger partial charge on any atom is 0.417 e. The molecule has 0 N–H and O–H groups in total. The van der Waals surface area contributed by atoms with Gasteiger partial charge in [-0.15, -0.1) is 0 Å². The normalized spacial score (nSPS) is 23.5. The van der Waals surface area contributed by atoms with E-state index in [1.165, 1.54) is 11.6 Å². The molecule has 1 atom stereocenters. The molecule has 128 valence electrons. The molecule has 3 heterocycles. The van der Waals surface area contributed by atoms with Crippen molar-refractivity contribution in [3.05, 3.63) is 39.7 Å². The van der Waals surface area contributed by atoms with Crippen molar-refractivity contribution >= 4 is 16.6 Å². The smallest absolute Gasteiger partial charge is 0.366 e. The Bertz CT molecular complexity index is 900. The third-order valence-electron chi connectivity index (χ3n) is 5.72. The highest BCUT2D eigenvalue weighted by atomic mass is 19.4. The van der Waals surface area contributed by atoms with Crippen molar-refractivity contribution in [3.63, 3.8) is 0 Å². The monoisotopic (exact) mass is 336 g/mol. The summed E-state index contributed by atoms with van der Waals surface area (Å²) in [6.45, 7) is 3.14. The van der Waals surface area contributed by atoms with Crippen LogP contribution < -0.4 is 10.5 Å². The summed E-state index contributed by atoms with van der Waals surface area (Å²) in [5, 5.41) is 0.117. The van der Waals surface area contributed by atoms with Crippen LogP contribution in [-0.2, 0) is 19.6 Å². The van der Waals surface area contributed by atoms with Crippen molar-refractivity contribution in [2.75, 3.05) is 11.4 Å². The lowest BCUT2D eigenvalue weighted by molar-refractivity contribution is -0.136. The molecule has 4 rings (SSSR count). The second kappa shape index (κ2) is 4.77. The van der Waals surface area contributed by atoms with E-state index in [-0.39, 0.29) is 10.9 Å². The Morgan fingerprint density at radius 3 is 2.62 bits per heavy atom. The van der Waals surface area contributed by atoms with Crippen molar-refractivity contribution in [2.24, 2.45) is 7.05 Å². The fraction of sp³-hybridized carbons (Fsp3) is 0.500. The first kappa shape index (κ1) is 15.5. The maximum atomic E-state index is 13.4. The van der Waals surface area contributed by atoms with Gasteiger partial charge < -0.3 is 9.47 Å². The first-order valence-electron chi connectivity index (χ1n) is 8.22. The number of aryl methyl sites for hydroxylation is 2. The molecule has 0 aliphatic carbocycles. The number of rotatable bonds is 0. The van der Waals surface area contributed by atoms with Crippen LogP contribution in [0.15, 0.2) is 23.0 Å². The summed E-state index contributed by atoms with van der Waals surface area (Å²) < 4.78 is 41.4. The minimum absolute atomic E-state index is 0.0845. The van der Waals surface area contributed by atoms with Crippen LogP contribution in [0.5, 0.6) is 0 Å². The van der Waals surface area contributed by atoms with Crippen LogP contribution in [0.4, 0.5) is 18.9 Å². The maximum absolute atomic E-state index is 13.4. The van der Waals surface area contributed by atoms with E-state index in [1.807, 2.05) is 0 Å². The van der Waals surface area contributed by atoms with Crippen LogP contribution in [0.2, 0.25) is 0 Å². The predicted molar refractivity (Wildman–Crippen MR) is 87.5 cm³/mol. The molecule has 1 aromatic heterocycles. The molecule has 1 fully saturated rings. The molecule has 1 saturated heterocycles. The zero-order chi connectivity index (χ0) is 17.3. The van der Waals surface area contributed by atoms with Crippen LogP contribution >= 0.6 is 0 Å². The Balaban J connectivity index is 2.04. The molecule has 1 aromatic carbocycles. The number of aromatic nitrogens is 1.